The molecule has 0 saturated heterocycles. The predicted molar refractivity (Wildman–Crippen MR) is 54.3 cm³/mol. The lowest BCUT2D eigenvalue weighted by atomic mass is 10.2. The average molecular weight is 302 g/mol. The third kappa shape index (κ3) is 3.78. The number of halogens is 6. The van der Waals surface area contributed by atoms with Gasteiger partial charge in [0.1, 0.15) is 5.75 Å². The van der Waals surface area contributed by atoms with Crippen molar-refractivity contribution in [2.75, 3.05) is 7.11 Å². The molecule has 0 aliphatic rings. The highest BCUT2D eigenvalue weighted by Gasteiger charge is 2.59. The maximum absolute atomic E-state index is 13.0. The van der Waals surface area contributed by atoms with Gasteiger partial charge in [-0.05, 0) is 18.2 Å². The molecule has 0 amide bonds. The fraction of sp³-hybridized carbons (Fsp3) is 0.364. The van der Waals surface area contributed by atoms with Gasteiger partial charge in [0.2, 0.25) is 0 Å². The minimum absolute atomic E-state index is 0.233. The van der Waals surface area contributed by atoms with Crippen molar-refractivity contribution in [2.45, 2.75) is 18.5 Å². The van der Waals surface area contributed by atoms with Crippen LogP contribution in [0.4, 0.5) is 26.3 Å². The van der Waals surface area contributed by atoms with Crippen LogP contribution in [-0.2, 0) is 4.74 Å². The van der Waals surface area contributed by atoms with E-state index in [9.17, 15) is 31.1 Å². The number of carbonyl (C=O) groups is 1. The molecule has 1 aromatic carbocycles. The van der Waals surface area contributed by atoms with E-state index in [1.807, 2.05) is 0 Å². The maximum atomic E-state index is 13.0. The largest absolute Gasteiger partial charge is 0.465 e. The topological polar surface area (TPSA) is 35.5 Å². The van der Waals surface area contributed by atoms with Gasteiger partial charge in [0.05, 0.1) is 12.7 Å². The Kier molecular flexibility index (Phi) is 4.51. The number of hydrogen-bond donors (Lipinski definition) is 0. The van der Waals surface area contributed by atoms with E-state index in [4.69, 9.17) is 0 Å². The molecule has 0 spiro atoms. The number of esters is 1. The summed E-state index contributed by atoms with van der Waals surface area (Å²) in [6, 6.07) is 3.79. The lowest BCUT2D eigenvalue weighted by molar-refractivity contribution is -0.304. The number of hydrogen-bond acceptors (Lipinski definition) is 3. The van der Waals surface area contributed by atoms with Crippen LogP contribution < -0.4 is 4.74 Å². The Labute approximate surface area is 109 Å². The minimum atomic E-state index is -5.77. The van der Waals surface area contributed by atoms with Crippen molar-refractivity contribution < 1.29 is 40.6 Å². The number of carbonyl (C=O) groups excluding carboxylic acids is 1. The molecule has 3 nitrogen and oxygen atoms in total. The number of ether oxygens (including phenoxy) is 2. The second kappa shape index (κ2) is 5.59. The normalized spacial score (nSPS) is 13.8. The quantitative estimate of drug-likeness (QED) is 0.632. The lowest BCUT2D eigenvalue weighted by Gasteiger charge is -2.23. The van der Waals surface area contributed by atoms with Gasteiger partial charge in [0.25, 0.3) is 6.17 Å². The smallest absolute Gasteiger partial charge is 0.439 e. The van der Waals surface area contributed by atoms with E-state index in [1.165, 1.54) is 0 Å². The number of benzene rings is 1. The highest BCUT2D eigenvalue weighted by Crippen LogP contribution is 2.36. The van der Waals surface area contributed by atoms with Gasteiger partial charge in [-0.15, -0.1) is 0 Å². The van der Waals surface area contributed by atoms with Crippen molar-refractivity contribution >= 4 is 5.97 Å². The molecule has 0 heterocycles. The summed E-state index contributed by atoms with van der Waals surface area (Å²) < 4.78 is 82.2. The van der Waals surface area contributed by atoms with Crippen molar-refractivity contribution in [3.05, 3.63) is 29.8 Å². The number of alkyl halides is 6. The Bertz CT molecular complexity index is 485. The van der Waals surface area contributed by atoms with E-state index in [0.29, 0.717) is 6.07 Å². The van der Waals surface area contributed by atoms with Crippen LogP contribution in [0.2, 0.25) is 0 Å². The molecule has 9 heteroatoms. The van der Waals surface area contributed by atoms with Crippen LogP contribution in [0.5, 0.6) is 5.75 Å². The Hall–Kier alpha value is -1.93. The van der Waals surface area contributed by atoms with Crippen LogP contribution in [0, 0.1) is 0 Å². The third-order valence-corrected chi connectivity index (χ3v) is 2.09. The first kappa shape index (κ1) is 16.1. The van der Waals surface area contributed by atoms with Crippen LogP contribution in [0.1, 0.15) is 10.4 Å². The van der Waals surface area contributed by atoms with Gasteiger partial charge >= 0.3 is 18.3 Å². The van der Waals surface area contributed by atoms with Crippen molar-refractivity contribution in [3.8, 4) is 5.75 Å². The van der Waals surface area contributed by atoms with Gasteiger partial charge in [-0.2, -0.15) is 22.0 Å². The Balaban J connectivity index is 2.95. The number of rotatable bonds is 4. The summed E-state index contributed by atoms with van der Waals surface area (Å²) in [5.41, 5.74) is -0.233. The highest BCUT2D eigenvalue weighted by molar-refractivity contribution is 5.89. The molecule has 0 radical (unpaired) electrons. The van der Waals surface area contributed by atoms with Crippen LogP contribution in [0.15, 0.2) is 24.3 Å². The maximum Gasteiger partial charge on any atom is 0.439 e. The first-order valence-electron chi connectivity index (χ1n) is 5.04. The molecule has 1 unspecified atom stereocenters. The zero-order valence-electron chi connectivity index (χ0n) is 9.88. The predicted octanol–water partition coefficient (Wildman–Crippen LogP) is 3.35. The van der Waals surface area contributed by atoms with E-state index in [-0.39, 0.29) is 5.56 Å². The van der Waals surface area contributed by atoms with Crippen LogP contribution in [0.3, 0.4) is 0 Å². The molecule has 0 saturated carbocycles. The Morgan fingerprint density at radius 1 is 1.20 bits per heavy atom. The second-order valence-electron chi connectivity index (χ2n) is 3.59. The second-order valence-corrected chi connectivity index (χ2v) is 3.59. The summed E-state index contributed by atoms with van der Waals surface area (Å²) in [5.74, 6) is -1.71. The van der Waals surface area contributed by atoms with Gasteiger partial charge in [-0.3, -0.25) is 0 Å². The van der Waals surface area contributed by atoms with E-state index in [1.54, 1.807) is 0 Å². The molecular formula is C11H8F6O3. The first-order valence-corrected chi connectivity index (χ1v) is 5.04. The number of methoxy groups -OCH3 is 1. The van der Waals surface area contributed by atoms with Gasteiger partial charge in [-0.1, -0.05) is 6.07 Å². The Morgan fingerprint density at radius 3 is 2.30 bits per heavy atom. The average Bonchev–Trinajstić information content (AvgIpc) is 2.35. The van der Waals surface area contributed by atoms with E-state index in [2.05, 4.69) is 9.47 Å². The van der Waals surface area contributed by atoms with E-state index < -0.39 is 30.2 Å². The van der Waals surface area contributed by atoms with Crippen molar-refractivity contribution in [1.29, 1.82) is 0 Å². The monoisotopic (exact) mass is 302 g/mol. The molecule has 1 atom stereocenters. The standard InChI is InChI=1S/C11H8F6O3/c1-19-8(18)6-3-2-4-7(5-6)20-11(16,17)9(12)10(13,14)15/h2-5,9H,1H3. The summed E-state index contributed by atoms with van der Waals surface area (Å²) >= 11 is 0. The van der Waals surface area contributed by atoms with E-state index in [0.717, 1.165) is 25.3 Å². The third-order valence-electron chi connectivity index (χ3n) is 2.09. The molecule has 1 rings (SSSR count). The van der Waals surface area contributed by atoms with Crippen molar-refractivity contribution in [3.63, 3.8) is 0 Å². The summed E-state index contributed by atoms with van der Waals surface area (Å²) in [6.45, 7) is 0. The molecule has 0 aliphatic heterocycles. The van der Waals surface area contributed by atoms with Crippen LogP contribution in [0.25, 0.3) is 0 Å². The molecule has 0 bridgehead atoms. The summed E-state index contributed by atoms with van der Waals surface area (Å²) in [5, 5.41) is 0. The van der Waals surface area contributed by atoms with Gasteiger partial charge < -0.3 is 9.47 Å². The summed E-state index contributed by atoms with van der Waals surface area (Å²) in [6.07, 6.45) is -15.4. The van der Waals surface area contributed by atoms with Gasteiger partial charge in [-0.25, -0.2) is 9.18 Å². The molecule has 0 fully saturated rings. The fourth-order valence-corrected chi connectivity index (χ4v) is 1.20. The molecule has 112 valence electrons. The minimum Gasteiger partial charge on any atom is -0.465 e. The summed E-state index contributed by atoms with van der Waals surface area (Å²) in [4.78, 5) is 11.1. The molecule has 1 aromatic rings. The molecule has 20 heavy (non-hydrogen) atoms. The van der Waals surface area contributed by atoms with E-state index >= 15 is 0 Å². The van der Waals surface area contributed by atoms with Gasteiger partial charge in [0, 0.05) is 0 Å². The first-order chi connectivity index (χ1) is 9.08. The molecule has 0 aliphatic carbocycles. The fourth-order valence-electron chi connectivity index (χ4n) is 1.20. The van der Waals surface area contributed by atoms with Crippen LogP contribution in [-0.4, -0.2) is 31.5 Å². The van der Waals surface area contributed by atoms with Crippen molar-refractivity contribution in [1.82, 2.24) is 0 Å². The zero-order chi connectivity index (χ0) is 15.6. The molecular weight excluding hydrogens is 294 g/mol. The SMILES string of the molecule is COC(=O)c1cccc(OC(F)(F)C(F)C(F)(F)F)c1. The van der Waals surface area contributed by atoms with Crippen LogP contribution >= 0.6 is 0 Å². The zero-order valence-corrected chi connectivity index (χ0v) is 9.88. The Morgan fingerprint density at radius 2 is 1.80 bits per heavy atom. The molecule has 0 N–H and O–H groups in total. The van der Waals surface area contributed by atoms with Crippen molar-refractivity contribution in [2.24, 2.45) is 0 Å². The molecule has 0 aromatic heterocycles. The highest BCUT2D eigenvalue weighted by atomic mass is 19.4. The van der Waals surface area contributed by atoms with Gasteiger partial charge in [0.15, 0.2) is 0 Å². The lowest BCUT2D eigenvalue weighted by Crippen LogP contribution is -2.45. The summed E-state index contributed by atoms with van der Waals surface area (Å²) in [7, 11) is 1.02.